The van der Waals surface area contributed by atoms with Crippen LogP contribution in [0.3, 0.4) is 0 Å². The molecule has 3 nitrogen and oxygen atoms in total. The van der Waals surface area contributed by atoms with Crippen molar-refractivity contribution in [3.63, 3.8) is 0 Å². The monoisotopic (exact) mass is 252 g/mol. The quantitative estimate of drug-likeness (QED) is 0.629. The Balaban J connectivity index is 2.30. The first-order chi connectivity index (χ1) is 8.86. The summed E-state index contributed by atoms with van der Waals surface area (Å²) in [4.78, 5) is 0. The van der Waals surface area contributed by atoms with Gasteiger partial charge in [-0.2, -0.15) is 0 Å². The highest BCUT2D eigenvalue weighted by molar-refractivity contribution is 5.13. The lowest BCUT2D eigenvalue weighted by Gasteiger charge is -2.17. The van der Waals surface area contributed by atoms with E-state index in [4.69, 9.17) is 14.9 Å². The lowest BCUT2D eigenvalue weighted by molar-refractivity contribution is 0.0231. The molecule has 0 fully saturated rings. The molecule has 0 aliphatic rings. The second-order valence-corrected chi connectivity index (χ2v) is 4.50. The van der Waals surface area contributed by atoms with Gasteiger partial charge in [0.25, 0.3) is 0 Å². The van der Waals surface area contributed by atoms with Gasteiger partial charge < -0.3 is 14.9 Å². The smallest absolute Gasteiger partial charge is 0.0720 e. The van der Waals surface area contributed by atoms with Gasteiger partial charge in [0.1, 0.15) is 0 Å². The van der Waals surface area contributed by atoms with Crippen LogP contribution in [0.1, 0.15) is 37.7 Å². The van der Waals surface area contributed by atoms with Crippen LogP contribution in [0, 0.1) is 0 Å². The average Bonchev–Trinajstić information content (AvgIpc) is 2.42. The average molecular weight is 252 g/mol. The second kappa shape index (κ2) is 10.1. The molecule has 0 bridgehead atoms. The van der Waals surface area contributed by atoms with E-state index in [0.29, 0.717) is 6.61 Å². The van der Waals surface area contributed by atoms with Crippen molar-refractivity contribution in [3.05, 3.63) is 35.9 Å². The third-order valence-corrected chi connectivity index (χ3v) is 2.95. The first-order valence-corrected chi connectivity index (χ1v) is 6.74. The lowest BCUT2D eigenvalue weighted by atomic mass is 10.1. The van der Waals surface area contributed by atoms with Crippen molar-refractivity contribution in [2.45, 2.75) is 44.8 Å². The van der Waals surface area contributed by atoms with Gasteiger partial charge in [0, 0.05) is 13.2 Å². The van der Waals surface area contributed by atoms with Gasteiger partial charge in [0.2, 0.25) is 0 Å². The highest BCUT2D eigenvalue weighted by Crippen LogP contribution is 2.13. The first kappa shape index (κ1) is 15.2. The Hall–Kier alpha value is -0.900. The SMILES string of the molecule is OCCCCC(CCCO)OCc1ccccc1. The molecular weight excluding hydrogens is 228 g/mol. The van der Waals surface area contributed by atoms with Gasteiger partial charge in [0.05, 0.1) is 12.7 Å². The molecule has 0 aliphatic heterocycles. The van der Waals surface area contributed by atoms with Gasteiger partial charge in [-0.15, -0.1) is 0 Å². The Kier molecular flexibility index (Phi) is 8.47. The van der Waals surface area contributed by atoms with Crippen molar-refractivity contribution >= 4 is 0 Å². The highest BCUT2D eigenvalue weighted by Gasteiger charge is 2.08. The number of rotatable bonds is 10. The Morgan fingerprint density at radius 3 is 2.22 bits per heavy atom. The number of benzene rings is 1. The molecule has 1 aromatic carbocycles. The molecule has 0 saturated carbocycles. The fourth-order valence-corrected chi connectivity index (χ4v) is 1.90. The van der Waals surface area contributed by atoms with E-state index in [-0.39, 0.29) is 19.3 Å². The normalized spacial score (nSPS) is 12.6. The van der Waals surface area contributed by atoms with Crippen molar-refractivity contribution < 1.29 is 14.9 Å². The van der Waals surface area contributed by atoms with E-state index in [1.807, 2.05) is 18.2 Å². The zero-order chi connectivity index (χ0) is 13.1. The van der Waals surface area contributed by atoms with E-state index in [9.17, 15) is 0 Å². The van der Waals surface area contributed by atoms with E-state index in [2.05, 4.69) is 12.1 Å². The van der Waals surface area contributed by atoms with Crippen LogP contribution in [0.4, 0.5) is 0 Å². The van der Waals surface area contributed by atoms with E-state index < -0.39 is 0 Å². The molecule has 0 aromatic heterocycles. The molecule has 102 valence electrons. The summed E-state index contributed by atoms with van der Waals surface area (Å²) in [6.45, 7) is 1.08. The summed E-state index contributed by atoms with van der Waals surface area (Å²) in [5.41, 5.74) is 1.17. The molecule has 1 aromatic rings. The number of hydrogen-bond acceptors (Lipinski definition) is 3. The minimum atomic E-state index is 0.184. The number of aliphatic hydroxyl groups is 2. The molecule has 3 heteroatoms. The predicted octanol–water partition coefficient (Wildman–Crippen LogP) is 2.51. The summed E-state index contributed by atoms with van der Waals surface area (Å²) < 4.78 is 5.88. The molecule has 2 N–H and O–H groups in total. The van der Waals surface area contributed by atoms with E-state index in [1.54, 1.807) is 0 Å². The third-order valence-electron chi connectivity index (χ3n) is 2.95. The Morgan fingerprint density at radius 2 is 1.56 bits per heavy atom. The number of aliphatic hydroxyl groups excluding tert-OH is 2. The molecule has 0 heterocycles. The topological polar surface area (TPSA) is 49.7 Å². The molecule has 0 aliphatic carbocycles. The minimum absolute atomic E-state index is 0.184. The zero-order valence-electron chi connectivity index (χ0n) is 10.9. The van der Waals surface area contributed by atoms with Crippen molar-refractivity contribution in [2.24, 2.45) is 0 Å². The maximum atomic E-state index is 8.88. The van der Waals surface area contributed by atoms with Crippen LogP contribution >= 0.6 is 0 Å². The van der Waals surface area contributed by atoms with Gasteiger partial charge in [0.15, 0.2) is 0 Å². The van der Waals surface area contributed by atoms with Crippen LogP contribution in [-0.2, 0) is 11.3 Å². The Morgan fingerprint density at radius 1 is 0.889 bits per heavy atom. The lowest BCUT2D eigenvalue weighted by Crippen LogP contribution is -2.14. The van der Waals surface area contributed by atoms with Crippen LogP contribution in [-0.4, -0.2) is 29.5 Å². The fourth-order valence-electron chi connectivity index (χ4n) is 1.90. The molecule has 0 amide bonds. The number of hydrogen-bond donors (Lipinski definition) is 2. The number of unbranched alkanes of at least 4 members (excludes halogenated alkanes) is 1. The molecule has 0 radical (unpaired) electrons. The van der Waals surface area contributed by atoms with Crippen LogP contribution in [0.25, 0.3) is 0 Å². The van der Waals surface area contributed by atoms with Crippen LogP contribution in [0.15, 0.2) is 30.3 Å². The summed E-state index contributed by atoms with van der Waals surface area (Å²) in [6.07, 6.45) is 4.59. The van der Waals surface area contributed by atoms with Crippen molar-refractivity contribution in [2.75, 3.05) is 13.2 Å². The van der Waals surface area contributed by atoms with Crippen LogP contribution in [0.2, 0.25) is 0 Å². The van der Waals surface area contributed by atoms with Crippen LogP contribution in [0.5, 0.6) is 0 Å². The maximum absolute atomic E-state index is 8.88. The standard InChI is InChI=1S/C15H24O3/c16-11-5-4-9-15(10-6-12-17)18-13-14-7-2-1-3-8-14/h1-3,7-8,15-17H,4-6,9-13H2. The molecular formula is C15H24O3. The highest BCUT2D eigenvalue weighted by atomic mass is 16.5. The Bertz CT molecular complexity index is 287. The summed E-state index contributed by atoms with van der Waals surface area (Å²) in [5, 5.41) is 17.7. The van der Waals surface area contributed by atoms with Gasteiger partial charge in [-0.25, -0.2) is 0 Å². The van der Waals surface area contributed by atoms with E-state index in [1.165, 1.54) is 5.56 Å². The minimum Gasteiger partial charge on any atom is -0.396 e. The first-order valence-electron chi connectivity index (χ1n) is 6.74. The molecule has 0 saturated heterocycles. The van der Waals surface area contributed by atoms with E-state index in [0.717, 1.165) is 32.1 Å². The molecule has 0 spiro atoms. The fraction of sp³-hybridized carbons (Fsp3) is 0.600. The van der Waals surface area contributed by atoms with Crippen molar-refractivity contribution in [1.82, 2.24) is 0 Å². The van der Waals surface area contributed by atoms with Gasteiger partial charge >= 0.3 is 0 Å². The third kappa shape index (κ3) is 6.74. The molecule has 1 unspecified atom stereocenters. The van der Waals surface area contributed by atoms with Gasteiger partial charge in [-0.1, -0.05) is 30.3 Å². The second-order valence-electron chi connectivity index (χ2n) is 4.50. The molecule has 18 heavy (non-hydrogen) atoms. The summed E-state index contributed by atoms with van der Waals surface area (Å²) in [6, 6.07) is 10.1. The molecule has 1 rings (SSSR count). The van der Waals surface area contributed by atoms with Crippen molar-refractivity contribution in [3.8, 4) is 0 Å². The summed E-state index contributed by atoms with van der Waals surface area (Å²) >= 11 is 0. The van der Waals surface area contributed by atoms with Crippen molar-refractivity contribution in [1.29, 1.82) is 0 Å². The van der Waals surface area contributed by atoms with E-state index >= 15 is 0 Å². The zero-order valence-corrected chi connectivity index (χ0v) is 10.9. The summed E-state index contributed by atoms with van der Waals surface area (Å²) in [7, 11) is 0. The molecule has 1 atom stereocenters. The Labute approximate surface area is 109 Å². The predicted molar refractivity (Wildman–Crippen MR) is 72.3 cm³/mol. The van der Waals surface area contributed by atoms with Gasteiger partial charge in [-0.3, -0.25) is 0 Å². The van der Waals surface area contributed by atoms with Crippen LogP contribution < -0.4 is 0 Å². The summed E-state index contributed by atoms with van der Waals surface area (Å²) in [5.74, 6) is 0. The largest absolute Gasteiger partial charge is 0.396 e. The maximum Gasteiger partial charge on any atom is 0.0720 e. The number of ether oxygens (including phenoxy) is 1. The van der Waals surface area contributed by atoms with Gasteiger partial charge in [-0.05, 0) is 37.7 Å².